The molecule has 9 aromatic carbocycles. The molecule has 0 spiro atoms. The number of nitrogens with zero attached hydrogens (tertiary/aromatic N) is 1. The molecular weight excluding hydrogens is 675 g/mol. The summed E-state index contributed by atoms with van der Waals surface area (Å²) in [7, 11) is 0. The summed E-state index contributed by atoms with van der Waals surface area (Å²) in [6.45, 7) is 4.75. The van der Waals surface area contributed by atoms with Crippen LogP contribution in [0.3, 0.4) is 0 Å². The third-order valence-electron chi connectivity index (χ3n) is 11.6. The van der Waals surface area contributed by atoms with Gasteiger partial charge in [0.25, 0.3) is 0 Å². The van der Waals surface area contributed by atoms with Crippen LogP contribution in [0.2, 0.25) is 0 Å². The highest BCUT2D eigenvalue weighted by Crippen LogP contribution is 2.54. The molecule has 0 unspecified atom stereocenters. The Morgan fingerprint density at radius 1 is 0.304 bits per heavy atom. The Balaban J connectivity index is 1.15. The van der Waals surface area contributed by atoms with E-state index in [1.807, 2.05) is 0 Å². The highest BCUT2D eigenvalue weighted by atomic mass is 15.1. The molecule has 0 atom stereocenters. The monoisotopic (exact) mass is 715 g/mol. The molecule has 266 valence electrons. The number of anilines is 3. The van der Waals surface area contributed by atoms with Gasteiger partial charge in [0.2, 0.25) is 0 Å². The van der Waals surface area contributed by atoms with Crippen LogP contribution in [0.15, 0.2) is 212 Å². The maximum atomic E-state index is 2.44. The normalized spacial score (nSPS) is 12.6. The number of hydrogen-bond donors (Lipinski definition) is 0. The molecule has 0 bridgehead atoms. The van der Waals surface area contributed by atoms with E-state index in [4.69, 9.17) is 0 Å². The Kier molecular flexibility index (Phi) is 8.23. The summed E-state index contributed by atoms with van der Waals surface area (Å²) in [6.07, 6.45) is 0. The van der Waals surface area contributed by atoms with E-state index in [1.165, 1.54) is 77.5 Å². The molecule has 10 rings (SSSR count). The fourth-order valence-corrected chi connectivity index (χ4v) is 8.80. The molecule has 0 aliphatic heterocycles. The third kappa shape index (κ3) is 5.81. The SMILES string of the molecule is CC1(C)c2cc(N(c3ccc(-c4ccccc4)cc3)c3cccc(-c4cc5ccccc5cc4-c4ccccc4)c3)ccc2-c2c(-c3ccccc3)cccc21. The molecule has 9 aromatic rings. The van der Waals surface area contributed by atoms with E-state index in [0.29, 0.717) is 0 Å². The summed E-state index contributed by atoms with van der Waals surface area (Å²) in [4.78, 5) is 2.43. The summed E-state index contributed by atoms with van der Waals surface area (Å²) in [5.74, 6) is 0. The molecule has 1 aliphatic rings. The molecule has 0 saturated heterocycles. The summed E-state index contributed by atoms with van der Waals surface area (Å²) in [5, 5.41) is 2.47. The van der Waals surface area contributed by atoms with E-state index < -0.39 is 0 Å². The Morgan fingerprint density at radius 3 is 1.46 bits per heavy atom. The lowest BCUT2D eigenvalue weighted by Crippen LogP contribution is -2.16. The van der Waals surface area contributed by atoms with Crippen LogP contribution in [0.25, 0.3) is 66.4 Å². The van der Waals surface area contributed by atoms with Gasteiger partial charge in [0.15, 0.2) is 0 Å². The molecule has 1 aliphatic carbocycles. The van der Waals surface area contributed by atoms with Crippen molar-refractivity contribution in [1.29, 1.82) is 0 Å². The quantitative estimate of drug-likeness (QED) is 0.159. The minimum absolute atomic E-state index is 0.175. The van der Waals surface area contributed by atoms with Crippen LogP contribution in [0.1, 0.15) is 25.0 Å². The van der Waals surface area contributed by atoms with Crippen molar-refractivity contribution in [3.63, 3.8) is 0 Å². The molecule has 0 aromatic heterocycles. The zero-order valence-electron chi connectivity index (χ0n) is 31.7. The topological polar surface area (TPSA) is 3.24 Å². The van der Waals surface area contributed by atoms with Crippen LogP contribution in [0.5, 0.6) is 0 Å². The van der Waals surface area contributed by atoms with Gasteiger partial charge in [-0.25, -0.2) is 0 Å². The van der Waals surface area contributed by atoms with Crippen molar-refractivity contribution in [1.82, 2.24) is 0 Å². The third-order valence-corrected chi connectivity index (χ3v) is 11.6. The van der Waals surface area contributed by atoms with Crippen LogP contribution >= 0.6 is 0 Å². The largest absolute Gasteiger partial charge is 0.310 e. The van der Waals surface area contributed by atoms with Crippen molar-refractivity contribution in [3.05, 3.63) is 223 Å². The van der Waals surface area contributed by atoms with Crippen molar-refractivity contribution >= 4 is 27.8 Å². The van der Waals surface area contributed by atoms with Gasteiger partial charge in [0.05, 0.1) is 0 Å². The highest BCUT2D eigenvalue weighted by molar-refractivity contribution is 5.98. The van der Waals surface area contributed by atoms with Crippen LogP contribution in [0.4, 0.5) is 17.1 Å². The van der Waals surface area contributed by atoms with Crippen LogP contribution in [0, 0.1) is 0 Å². The summed E-state index contributed by atoms with van der Waals surface area (Å²) >= 11 is 0. The smallest absolute Gasteiger partial charge is 0.0467 e. The molecule has 0 heterocycles. The molecule has 0 saturated carbocycles. The Morgan fingerprint density at radius 2 is 0.804 bits per heavy atom. The van der Waals surface area contributed by atoms with Gasteiger partial charge in [0.1, 0.15) is 0 Å². The fraction of sp³-hybridized carbons (Fsp3) is 0.0545. The molecule has 0 fully saturated rings. The predicted molar refractivity (Wildman–Crippen MR) is 238 cm³/mol. The molecule has 1 heteroatoms. The lowest BCUT2D eigenvalue weighted by Gasteiger charge is -2.29. The van der Waals surface area contributed by atoms with Gasteiger partial charge in [0, 0.05) is 22.5 Å². The van der Waals surface area contributed by atoms with E-state index in [0.717, 1.165) is 17.1 Å². The van der Waals surface area contributed by atoms with Crippen molar-refractivity contribution in [3.8, 4) is 55.6 Å². The minimum atomic E-state index is -0.175. The van der Waals surface area contributed by atoms with Gasteiger partial charge < -0.3 is 4.90 Å². The molecule has 0 N–H and O–H groups in total. The zero-order valence-corrected chi connectivity index (χ0v) is 31.7. The van der Waals surface area contributed by atoms with Crippen LogP contribution in [-0.2, 0) is 5.41 Å². The number of benzene rings is 9. The van der Waals surface area contributed by atoms with E-state index >= 15 is 0 Å². The Bertz CT molecular complexity index is 2850. The lowest BCUT2D eigenvalue weighted by molar-refractivity contribution is 0.660. The number of hydrogen-bond acceptors (Lipinski definition) is 1. The first-order valence-corrected chi connectivity index (χ1v) is 19.5. The first kappa shape index (κ1) is 33.6. The summed E-state index contributed by atoms with van der Waals surface area (Å²) in [5.41, 5.74) is 18.3. The first-order valence-electron chi connectivity index (χ1n) is 19.5. The maximum absolute atomic E-state index is 2.44. The predicted octanol–water partition coefficient (Wildman–Crippen LogP) is 15.3. The minimum Gasteiger partial charge on any atom is -0.310 e. The van der Waals surface area contributed by atoms with Crippen molar-refractivity contribution < 1.29 is 0 Å². The zero-order chi connectivity index (χ0) is 37.6. The van der Waals surface area contributed by atoms with Crippen molar-refractivity contribution in [2.24, 2.45) is 0 Å². The average Bonchev–Trinajstić information content (AvgIpc) is 3.50. The van der Waals surface area contributed by atoms with Gasteiger partial charge in [-0.2, -0.15) is 0 Å². The van der Waals surface area contributed by atoms with Crippen molar-refractivity contribution in [2.45, 2.75) is 19.3 Å². The first-order chi connectivity index (χ1) is 27.5. The molecule has 1 nitrogen and oxygen atoms in total. The molecule has 0 radical (unpaired) electrons. The van der Waals surface area contributed by atoms with Gasteiger partial charge in [-0.05, 0) is 126 Å². The average molecular weight is 716 g/mol. The highest BCUT2D eigenvalue weighted by Gasteiger charge is 2.37. The summed E-state index contributed by atoms with van der Waals surface area (Å²) in [6, 6.07) is 77.6. The van der Waals surface area contributed by atoms with Gasteiger partial charge in [-0.1, -0.05) is 178 Å². The number of rotatable bonds is 7. The molecule has 56 heavy (non-hydrogen) atoms. The number of fused-ring (bicyclic) bond motifs is 4. The Labute approximate surface area is 329 Å². The Hall–Kier alpha value is -6.96. The standard InChI is InChI=1S/C55H41N/c1-55(2)52-27-15-26-48(40-18-8-4-9-19-40)54(52)49-33-32-47(37-53(49)55)56(45-30-28-39(29-31-45)38-16-6-3-7-17-38)46-25-14-24-44(34-46)51-36-43-23-13-12-22-42(43)35-50(51)41-20-10-5-11-21-41/h3-37H,1-2H3. The van der Waals surface area contributed by atoms with Gasteiger partial charge in [-0.15, -0.1) is 0 Å². The van der Waals surface area contributed by atoms with Crippen molar-refractivity contribution in [2.75, 3.05) is 4.90 Å². The van der Waals surface area contributed by atoms with E-state index in [1.54, 1.807) is 0 Å². The molecular formula is C55H41N. The second-order valence-electron chi connectivity index (χ2n) is 15.4. The second kappa shape index (κ2) is 13.7. The van der Waals surface area contributed by atoms with Crippen LogP contribution in [-0.4, -0.2) is 0 Å². The fourth-order valence-electron chi connectivity index (χ4n) is 8.80. The van der Waals surface area contributed by atoms with E-state index in [-0.39, 0.29) is 5.41 Å². The maximum Gasteiger partial charge on any atom is 0.0467 e. The van der Waals surface area contributed by atoms with Gasteiger partial charge >= 0.3 is 0 Å². The summed E-state index contributed by atoms with van der Waals surface area (Å²) < 4.78 is 0. The van der Waals surface area contributed by atoms with E-state index in [2.05, 4.69) is 231 Å². The lowest BCUT2D eigenvalue weighted by atomic mass is 9.81. The second-order valence-corrected chi connectivity index (χ2v) is 15.4. The molecule has 0 amide bonds. The van der Waals surface area contributed by atoms with Crippen LogP contribution < -0.4 is 4.90 Å². The van der Waals surface area contributed by atoms with E-state index in [9.17, 15) is 0 Å². The van der Waals surface area contributed by atoms with Gasteiger partial charge in [-0.3, -0.25) is 0 Å².